The molecule has 1 unspecified atom stereocenters. The lowest BCUT2D eigenvalue weighted by atomic mass is 10.2. The van der Waals surface area contributed by atoms with Crippen molar-refractivity contribution < 1.29 is 9.90 Å². The minimum absolute atomic E-state index is 0.144. The van der Waals surface area contributed by atoms with E-state index in [0.29, 0.717) is 5.69 Å². The number of anilines is 1. The largest absolute Gasteiger partial charge is 0.478 e. The Hall–Kier alpha value is -2.01. The number of aromatic nitrogens is 1. The van der Waals surface area contributed by atoms with E-state index in [1.165, 1.54) is 0 Å². The molecule has 0 bridgehead atoms. The van der Waals surface area contributed by atoms with E-state index < -0.39 is 5.97 Å². The molecule has 0 aliphatic carbocycles. The standard InChI is InChI=1S/C13H10N2O2S/c16-13(17)8-4-3-7-14-11(8)12-15-9-5-1-2-6-10(9)18-12/h1-7,12,15H,(H,16,17). The Morgan fingerprint density at radius 1 is 1.28 bits per heavy atom. The number of rotatable bonds is 2. The molecule has 2 aromatic rings. The lowest BCUT2D eigenvalue weighted by Crippen LogP contribution is -2.10. The van der Waals surface area contributed by atoms with Crippen molar-refractivity contribution >= 4 is 23.4 Å². The highest BCUT2D eigenvalue weighted by atomic mass is 32.2. The van der Waals surface area contributed by atoms with Crippen molar-refractivity contribution in [1.82, 2.24) is 4.98 Å². The van der Waals surface area contributed by atoms with Gasteiger partial charge in [-0.05, 0) is 24.3 Å². The van der Waals surface area contributed by atoms with Gasteiger partial charge in [0.1, 0.15) is 5.37 Å². The number of carbonyl (C=O) groups is 1. The number of carboxylic acid groups (broad SMARTS) is 1. The number of fused-ring (bicyclic) bond motifs is 1. The predicted octanol–water partition coefficient (Wildman–Crippen LogP) is 3.00. The molecular formula is C13H10N2O2S. The highest BCUT2D eigenvalue weighted by molar-refractivity contribution is 8.00. The molecule has 90 valence electrons. The molecule has 3 rings (SSSR count). The van der Waals surface area contributed by atoms with Crippen molar-refractivity contribution in [3.63, 3.8) is 0 Å². The summed E-state index contributed by atoms with van der Waals surface area (Å²) in [7, 11) is 0. The number of hydrogen-bond donors (Lipinski definition) is 2. The first-order valence-electron chi connectivity index (χ1n) is 5.46. The molecule has 4 nitrogen and oxygen atoms in total. The second-order valence-electron chi connectivity index (χ2n) is 3.88. The maximum atomic E-state index is 11.2. The Morgan fingerprint density at radius 3 is 2.89 bits per heavy atom. The molecule has 5 heteroatoms. The Kier molecular flexibility index (Phi) is 2.68. The second kappa shape index (κ2) is 4.34. The van der Waals surface area contributed by atoms with Crippen molar-refractivity contribution in [1.29, 1.82) is 0 Å². The summed E-state index contributed by atoms with van der Waals surface area (Å²) in [5, 5.41) is 12.3. The molecule has 1 aromatic carbocycles. The third-order valence-electron chi connectivity index (χ3n) is 2.74. The Balaban J connectivity index is 1.98. The van der Waals surface area contributed by atoms with Crippen molar-refractivity contribution in [2.24, 2.45) is 0 Å². The number of carboxylic acids is 1. The van der Waals surface area contributed by atoms with Crippen LogP contribution in [-0.2, 0) is 0 Å². The summed E-state index contributed by atoms with van der Waals surface area (Å²) in [6.45, 7) is 0. The zero-order chi connectivity index (χ0) is 12.5. The quantitative estimate of drug-likeness (QED) is 0.867. The summed E-state index contributed by atoms with van der Waals surface area (Å²) in [5.74, 6) is -0.948. The molecule has 0 saturated heterocycles. The van der Waals surface area contributed by atoms with E-state index in [4.69, 9.17) is 5.11 Å². The molecule has 1 aliphatic rings. The third-order valence-corrected chi connectivity index (χ3v) is 3.92. The summed E-state index contributed by atoms with van der Waals surface area (Å²) in [6.07, 6.45) is 1.62. The van der Waals surface area contributed by atoms with E-state index in [1.807, 2.05) is 24.3 Å². The van der Waals surface area contributed by atoms with Gasteiger partial charge < -0.3 is 10.4 Å². The molecule has 1 atom stereocenters. The number of aromatic carboxylic acids is 1. The lowest BCUT2D eigenvalue weighted by molar-refractivity contribution is 0.0695. The molecule has 2 heterocycles. The van der Waals surface area contributed by atoms with Gasteiger partial charge in [-0.2, -0.15) is 0 Å². The van der Waals surface area contributed by atoms with Crippen LogP contribution in [0.5, 0.6) is 0 Å². The second-order valence-corrected chi connectivity index (χ2v) is 5.03. The van der Waals surface area contributed by atoms with Gasteiger partial charge in [0.2, 0.25) is 0 Å². The van der Waals surface area contributed by atoms with Gasteiger partial charge in [-0.1, -0.05) is 23.9 Å². The van der Waals surface area contributed by atoms with Crippen molar-refractivity contribution in [2.75, 3.05) is 5.32 Å². The summed E-state index contributed by atoms with van der Waals surface area (Å²) in [5.41, 5.74) is 1.83. The molecule has 0 saturated carbocycles. The Bertz CT molecular complexity index is 590. The first kappa shape index (κ1) is 11.1. The van der Waals surface area contributed by atoms with Gasteiger partial charge in [-0.15, -0.1) is 0 Å². The average Bonchev–Trinajstić information content (AvgIpc) is 2.82. The Morgan fingerprint density at radius 2 is 2.11 bits per heavy atom. The van der Waals surface area contributed by atoms with E-state index in [1.54, 1.807) is 30.1 Å². The smallest absolute Gasteiger partial charge is 0.337 e. The van der Waals surface area contributed by atoms with E-state index in [-0.39, 0.29) is 10.9 Å². The number of thioether (sulfide) groups is 1. The fraction of sp³-hybridized carbons (Fsp3) is 0.0769. The number of nitrogens with zero attached hydrogens (tertiary/aromatic N) is 1. The molecule has 1 aliphatic heterocycles. The number of para-hydroxylation sites is 1. The highest BCUT2D eigenvalue weighted by Crippen LogP contribution is 2.46. The van der Waals surface area contributed by atoms with E-state index >= 15 is 0 Å². The topological polar surface area (TPSA) is 62.2 Å². The van der Waals surface area contributed by atoms with Crippen LogP contribution in [0.1, 0.15) is 21.4 Å². The molecule has 2 N–H and O–H groups in total. The number of benzene rings is 1. The maximum Gasteiger partial charge on any atom is 0.337 e. The van der Waals surface area contributed by atoms with Crippen LogP contribution in [0, 0.1) is 0 Å². The van der Waals surface area contributed by atoms with Gasteiger partial charge in [0, 0.05) is 16.8 Å². The van der Waals surface area contributed by atoms with Gasteiger partial charge in [-0.3, -0.25) is 4.98 Å². The molecule has 1 aromatic heterocycles. The van der Waals surface area contributed by atoms with Gasteiger partial charge >= 0.3 is 5.97 Å². The van der Waals surface area contributed by atoms with Crippen LogP contribution in [0.3, 0.4) is 0 Å². The first-order chi connectivity index (χ1) is 8.75. The van der Waals surface area contributed by atoms with Gasteiger partial charge in [0.25, 0.3) is 0 Å². The predicted molar refractivity (Wildman–Crippen MR) is 69.9 cm³/mol. The van der Waals surface area contributed by atoms with Crippen molar-refractivity contribution in [3.05, 3.63) is 53.9 Å². The maximum absolute atomic E-state index is 11.2. The van der Waals surface area contributed by atoms with Crippen LogP contribution in [0.25, 0.3) is 0 Å². The minimum atomic E-state index is -0.948. The van der Waals surface area contributed by atoms with Gasteiger partial charge in [-0.25, -0.2) is 4.79 Å². The summed E-state index contributed by atoms with van der Waals surface area (Å²) >= 11 is 1.58. The highest BCUT2D eigenvalue weighted by Gasteiger charge is 2.27. The number of nitrogens with one attached hydrogen (secondary N) is 1. The molecule has 0 radical (unpaired) electrons. The normalized spacial score (nSPS) is 17.0. The van der Waals surface area contributed by atoms with Crippen LogP contribution in [-0.4, -0.2) is 16.1 Å². The SMILES string of the molecule is O=C(O)c1cccnc1C1Nc2ccccc2S1. The molecule has 0 spiro atoms. The molecule has 0 fully saturated rings. The van der Waals surface area contributed by atoms with E-state index in [0.717, 1.165) is 10.6 Å². The molecule has 18 heavy (non-hydrogen) atoms. The van der Waals surface area contributed by atoms with E-state index in [2.05, 4.69) is 10.3 Å². The van der Waals surface area contributed by atoms with Gasteiger partial charge in [0.05, 0.1) is 11.3 Å². The van der Waals surface area contributed by atoms with E-state index in [9.17, 15) is 4.79 Å². The lowest BCUT2D eigenvalue weighted by Gasteiger charge is -2.11. The summed E-state index contributed by atoms with van der Waals surface area (Å²) in [6, 6.07) is 11.1. The van der Waals surface area contributed by atoms with Crippen LogP contribution in [0.15, 0.2) is 47.5 Å². The van der Waals surface area contributed by atoms with Crippen molar-refractivity contribution in [3.8, 4) is 0 Å². The third kappa shape index (κ3) is 1.82. The number of pyridine rings is 1. The Labute approximate surface area is 108 Å². The molecular weight excluding hydrogens is 248 g/mol. The minimum Gasteiger partial charge on any atom is -0.478 e. The van der Waals surface area contributed by atoms with Crippen molar-refractivity contribution in [2.45, 2.75) is 10.3 Å². The summed E-state index contributed by atoms with van der Waals surface area (Å²) < 4.78 is 0. The summed E-state index contributed by atoms with van der Waals surface area (Å²) in [4.78, 5) is 16.5. The van der Waals surface area contributed by atoms with Crippen LogP contribution < -0.4 is 5.32 Å². The van der Waals surface area contributed by atoms with Crippen LogP contribution in [0.2, 0.25) is 0 Å². The monoisotopic (exact) mass is 258 g/mol. The average molecular weight is 258 g/mol. The van der Waals surface area contributed by atoms with Crippen LogP contribution in [0.4, 0.5) is 5.69 Å². The van der Waals surface area contributed by atoms with Crippen LogP contribution >= 0.6 is 11.8 Å². The van der Waals surface area contributed by atoms with Gasteiger partial charge in [0.15, 0.2) is 0 Å². The fourth-order valence-electron chi connectivity index (χ4n) is 1.92. The number of hydrogen-bond acceptors (Lipinski definition) is 4. The first-order valence-corrected chi connectivity index (χ1v) is 6.34. The zero-order valence-corrected chi connectivity index (χ0v) is 10.1. The fourth-order valence-corrected chi connectivity index (χ4v) is 3.07. The molecule has 0 amide bonds. The zero-order valence-electron chi connectivity index (χ0n) is 9.33.